The third kappa shape index (κ3) is 7.60. The van der Waals surface area contributed by atoms with E-state index in [0.29, 0.717) is 32.3 Å². The van der Waals surface area contributed by atoms with Crippen molar-refractivity contribution < 1.29 is 38.8 Å². The number of carbonyl (C=O) groups excluding carboxylic acids is 2. The van der Waals surface area contributed by atoms with Crippen LogP contribution in [0.4, 0.5) is 0 Å². The van der Waals surface area contributed by atoms with Crippen LogP contribution < -0.4 is 20.4 Å². The monoisotopic (exact) mass is 720 g/mol. The molecule has 3 aromatic rings. The average molecular weight is 721 g/mol. The molecule has 44 heavy (non-hydrogen) atoms. The Morgan fingerprint density at radius 1 is 1.18 bits per heavy atom. The predicted octanol–water partition coefficient (Wildman–Crippen LogP) is 3.00. The third-order valence-electron chi connectivity index (χ3n) is 7.42. The van der Waals surface area contributed by atoms with Crippen LogP contribution in [0.1, 0.15) is 42.6 Å². The summed E-state index contributed by atoms with van der Waals surface area (Å²) in [6, 6.07) is 10.7. The van der Waals surface area contributed by atoms with E-state index in [1.807, 2.05) is 36.4 Å². The molecule has 0 fully saturated rings. The van der Waals surface area contributed by atoms with Crippen LogP contribution in [0.15, 0.2) is 63.3 Å². The SMILES string of the molecule is COc1cc(CO)cc(I)c1O[C@H]1C=C(C(=O)NCCO)C[C@@H](N(CCC(C)C)C(=O)c2cc3ccccc3oc2=O)[C@@H]1O. The lowest BCUT2D eigenvalue weighted by Crippen LogP contribution is -2.56. The third-order valence-corrected chi connectivity index (χ3v) is 8.22. The molecule has 0 spiro atoms. The predicted molar refractivity (Wildman–Crippen MR) is 172 cm³/mol. The molecular weight excluding hydrogens is 683 g/mol. The molecule has 0 unspecified atom stereocenters. The smallest absolute Gasteiger partial charge is 0.349 e. The highest BCUT2D eigenvalue weighted by molar-refractivity contribution is 14.1. The molecule has 1 aromatic heterocycles. The summed E-state index contributed by atoms with van der Waals surface area (Å²) in [5.41, 5.74) is 0.192. The first-order valence-corrected chi connectivity index (χ1v) is 15.4. The van der Waals surface area contributed by atoms with Crippen molar-refractivity contribution in [1.29, 1.82) is 0 Å². The maximum atomic E-state index is 14.1. The summed E-state index contributed by atoms with van der Waals surface area (Å²) in [6.07, 6.45) is -0.388. The molecule has 12 heteroatoms. The van der Waals surface area contributed by atoms with Gasteiger partial charge in [-0.3, -0.25) is 9.59 Å². The van der Waals surface area contributed by atoms with Gasteiger partial charge in [-0.2, -0.15) is 0 Å². The number of methoxy groups -OCH3 is 1. The Balaban J connectivity index is 1.78. The van der Waals surface area contributed by atoms with Gasteiger partial charge in [0, 0.05) is 30.5 Å². The summed E-state index contributed by atoms with van der Waals surface area (Å²) in [5, 5.41) is 33.9. The first kappa shape index (κ1) is 33.4. The fraction of sp³-hybridized carbons (Fsp3) is 0.406. The lowest BCUT2D eigenvalue weighted by atomic mass is 9.87. The highest BCUT2D eigenvalue weighted by Gasteiger charge is 2.41. The van der Waals surface area contributed by atoms with E-state index in [1.165, 1.54) is 24.2 Å². The minimum Gasteiger partial charge on any atom is -0.493 e. The van der Waals surface area contributed by atoms with Crippen LogP contribution in [-0.2, 0) is 11.4 Å². The Kier molecular flexibility index (Phi) is 11.4. The van der Waals surface area contributed by atoms with Gasteiger partial charge in [0.2, 0.25) is 5.91 Å². The second kappa shape index (κ2) is 15.0. The minimum absolute atomic E-state index is 0.0113. The van der Waals surface area contributed by atoms with E-state index in [1.54, 1.807) is 36.4 Å². The summed E-state index contributed by atoms with van der Waals surface area (Å²) >= 11 is 2.03. The topological polar surface area (TPSA) is 159 Å². The molecule has 236 valence electrons. The number of hydrogen-bond acceptors (Lipinski definition) is 9. The van der Waals surface area contributed by atoms with Crippen LogP contribution >= 0.6 is 22.6 Å². The largest absolute Gasteiger partial charge is 0.493 e. The number of fused-ring (bicyclic) bond motifs is 1. The molecule has 2 aromatic carbocycles. The summed E-state index contributed by atoms with van der Waals surface area (Å²) < 4.78 is 17.8. The molecular formula is C32H37IN2O9. The number of hydrogen-bond donors (Lipinski definition) is 4. The van der Waals surface area contributed by atoms with Gasteiger partial charge < -0.3 is 39.4 Å². The van der Waals surface area contributed by atoms with E-state index in [-0.39, 0.29) is 55.5 Å². The minimum atomic E-state index is -1.31. The van der Waals surface area contributed by atoms with E-state index in [2.05, 4.69) is 5.32 Å². The van der Waals surface area contributed by atoms with Gasteiger partial charge in [-0.15, -0.1) is 0 Å². The van der Waals surface area contributed by atoms with Crippen molar-refractivity contribution in [2.45, 2.75) is 51.5 Å². The van der Waals surface area contributed by atoms with E-state index in [4.69, 9.17) is 13.9 Å². The number of benzene rings is 2. The van der Waals surface area contributed by atoms with Gasteiger partial charge in [-0.1, -0.05) is 32.0 Å². The Morgan fingerprint density at radius 2 is 1.93 bits per heavy atom. The van der Waals surface area contributed by atoms with E-state index in [0.717, 1.165) is 0 Å². The molecule has 11 nitrogen and oxygen atoms in total. The number of para-hydroxylation sites is 1. The standard InChI is InChI=1S/C32H37IN2O9/c1-18(2)8-10-35(31(40)22-14-20-6-4-5-7-25(20)44-32(22)41)24-15-21(30(39)34-9-11-36)16-26(28(24)38)43-29-23(33)12-19(17-37)13-27(29)42-3/h4-7,12-14,16,18,24,26,28,36-38H,8-11,15,17H2,1-3H3,(H,34,39)/t24-,26+,28+/m1/s1. The summed E-state index contributed by atoms with van der Waals surface area (Å²) in [7, 11) is 1.45. The molecule has 0 bridgehead atoms. The van der Waals surface area contributed by atoms with Crippen molar-refractivity contribution in [3.05, 3.63) is 79.2 Å². The molecule has 4 N–H and O–H groups in total. The lowest BCUT2D eigenvalue weighted by molar-refractivity contribution is -0.118. The molecule has 0 saturated heterocycles. The fourth-order valence-electron chi connectivity index (χ4n) is 5.08. The molecule has 4 rings (SSSR count). The van der Waals surface area contributed by atoms with Crippen LogP contribution in [0.2, 0.25) is 0 Å². The number of rotatable bonds is 12. The zero-order chi connectivity index (χ0) is 32.0. The zero-order valence-corrected chi connectivity index (χ0v) is 26.9. The maximum absolute atomic E-state index is 14.1. The molecule has 1 heterocycles. The molecule has 3 atom stereocenters. The van der Waals surface area contributed by atoms with Crippen LogP contribution in [0.3, 0.4) is 0 Å². The normalized spacial score (nSPS) is 18.2. The summed E-state index contributed by atoms with van der Waals surface area (Å²) in [4.78, 5) is 41.7. The number of aliphatic hydroxyl groups excluding tert-OH is 3. The van der Waals surface area contributed by atoms with Crippen molar-refractivity contribution >= 4 is 45.4 Å². The summed E-state index contributed by atoms with van der Waals surface area (Å²) in [5.74, 6) is -0.328. The number of nitrogens with zero attached hydrogens (tertiary/aromatic N) is 1. The number of ether oxygens (including phenoxy) is 2. The van der Waals surface area contributed by atoms with E-state index >= 15 is 0 Å². The molecule has 0 saturated carbocycles. The van der Waals surface area contributed by atoms with Gasteiger partial charge in [0.05, 0.1) is 29.9 Å². The Morgan fingerprint density at radius 3 is 2.61 bits per heavy atom. The fourth-order valence-corrected chi connectivity index (χ4v) is 5.87. The van der Waals surface area contributed by atoms with Crippen molar-refractivity contribution in [2.24, 2.45) is 5.92 Å². The van der Waals surface area contributed by atoms with Gasteiger partial charge in [0.1, 0.15) is 23.4 Å². The first-order chi connectivity index (χ1) is 21.1. The van der Waals surface area contributed by atoms with Gasteiger partial charge in [-0.25, -0.2) is 4.79 Å². The van der Waals surface area contributed by atoms with Crippen LogP contribution in [-0.4, -0.2) is 77.1 Å². The number of amides is 2. The van der Waals surface area contributed by atoms with Gasteiger partial charge in [0.15, 0.2) is 11.5 Å². The van der Waals surface area contributed by atoms with E-state index in [9.17, 15) is 29.7 Å². The summed E-state index contributed by atoms with van der Waals surface area (Å²) in [6.45, 7) is 3.70. The van der Waals surface area contributed by atoms with Crippen LogP contribution in [0, 0.1) is 9.49 Å². The highest BCUT2D eigenvalue weighted by atomic mass is 127. The maximum Gasteiger partial charge on any atom is 0.349 e. The number of halogens is 1. The molecule has 0 aliphatic heterocycles. The number of nitrogens with one attached hydrogen (secondary N) is 1. The van der Waals surface area contributed by atoms with Gasteiger partial charge in [0.25, 0.3) is 5.91 Å². The zero-order valence-electron chi connectivity index (χ0n) is 24.8. The molecule has 0 radical (unpaired) electrons. The average Bonchev–Trinajstić information content (AvgIpc) is 3.01. The Labute approximate surface area is 268 Å². The lowest BCUT2D eigenvalue weighted by Gasteiger charge is -2.40. The van der Waals surface area contributed by atoms with Crippen molar-refractivity contribution in [3.8, 4) is 11.5 Å². The molecule has 1 aliphatic carbocycles. The van der Waals surface area contributed by atoms with Crippen molar-refractivity contribution in [2.75, 3.05) is 26.8 Å². The Hall–Kier alpha value is -3.46. The molecule has 1 aliphatic rings. The van der Waals surface area contributed by atoms with Gasteiger partial charge in [-0.05, 0) is 70.8 Å². The van der Waals surface area contributed by atoms with Gasteiger partial charge >= 0.3 is 5.63 Å². The van der Waals surface area contributed by atoms with Crippen molar-refractivity contribution in [3.63, 3.8) is 0 Å². The van der Waals surface area contributed by atoms with E-state index < -0.39 is 35.7 Å². The second-order valence-electron chi connectivity index (χ2n) is 10.9. The highest BCUT2D eigenvalue weighted by Crippen LogP contribution is 2.37. The second-order valence-corrected chi connectivity index (χ2v) is 12.1. The molecule has 2 amide bonds. The quantitative estimate of drug-likeness (QED) is 0.163. The first-order valence-electron chi connectivity index (χ1n) is 14.3. The van der Waals surface area contributed by atoms with Crippen LogP contribution in [0.25, 0.3) is 11.0 Å². The van der Waals surface area contributed by atoms with Crippen LogP contribution in [0.5, 0.6) is 11.5 Å². The Bertz CT molecular complexity index is 1590. The number of carbonyl (C=O) groups is 2. The van der Waals surface area contributed by atoms with Crippen molar-refractivity contribution in [1.82, 2.24) is 10.2 Å². The number of aliphatic hydroxyl groups is 3.